The van der Waals surface area contributed by atoms with Crippen molar-refractivity contribution in [2.75, 3.05) is 6.61 Å². The molecule has 0 radical (unpaired) electrons. The van der Waals surface area contributed by atoms with Crippen LogP contribution in [0.1, 0.15) is 15.9 Å². The van der Waals surface area contributed by atoms with Gasteiger partial charge in [-0.15, -0.1) is 0 Å². The van der Waals surface area contributed by atoms with Gasteiger partial charge >= 0.3 is 5.97 Å². The molecule has 0 aliphatic carbocycles. The zero-order valence-corrected chi connectivity index (χ0v) is 13.9. The predicted molar refractivity (Wildman–Crippen MR) is 92.4 cm³/mol. The molecule has 7 heteroatoms. The highest BCUT2D eigenvalue weighted by atomic mass is 19.1. The van der Waals surface area contributed by atoms with Crippen LogP contribution < -0.4 is 5.56 Å². The van der Waals surface area contributed by atoms with Gasteiger partial charge in [0.2, 0.25) is 0 Å². The lowest BCUT2D eigenvalue weighted by Gasteiger charge is -2.08. The first-order chi connectivity index (χ1) is 12.5. The van der Waals surface area contributed by atoms with Crippen molar-refractivity contribution < 1.29 is 18.7 Å². The average Bonchev–Trinajstić information content (AvgIpc) is 2.63. The van der Waals surface area contributed by atoms with E-state index in [1.54, 1.807) is 12.1 Å². The lowest BCUT2D eigenvalue weighted by molar-refractivity contribution is -0.143. The Morgan fingerprint density at radius 1 is 1.15 bits per heavy atom. The molecule has 0 aliphatic heterocycles. The van der Waals surface area contributed by atoms with E-state index in [0.29, 0.717) is 10.9 Å². The molecule has 1 aromatic heterocycles. The van der Waals surface area contributed by atoms with Gasteiger partial charge in [0.25, 0.3) is 5.56 Å². The summed E-state index contributed by atoms with van der Waals surface area (Å²) in [5.41, 5.74) is 1.31. The van der Waals surface area contributed by atoms with Crippen molar-refractivity contribution in [2.45, 2.75) is 13.5 Å². The number of para-hydroxylation sites is 1. The number of ketones is 1. The van der Waals surface area contributed by atoms with Crippen molar-refractivity contribution >= 4 is 22.7 Å². The van der Waals surface area contributed by atoms with E-state index >= 15 is 0 Å². The minimum Gasteiger partial charge on any atom is -0.456 e. The molecular weight excluding hydrogens is 339 g/mol. The molecular formula is C19H15FN2O4. The van der Waals surface area contributed by atoms with Crippen molar-refractivity contribution in [1.29, 1.82) is 0 Å². The summed E-state index contributed by atoms with van der Waals surface area (Å²) >= 11 is 0. The third-order valence-electron chi connectivity index (χ3n) is 3.89. The summed E-state index contributed by atoms with van der Waals surface area (Å²) in [6.07, 6.45) is 1.28. The van der Waals surface area contributed by atoms with E-state index in [1.807, 2.05) is 13.0 Å². The third-order valence-corrected chi connectivity index (χ3v) is 3.89. The van der Waals surface area contributed by atoms with Gasteiger partial charge in [0.1, 0.15) is 12.4 Å². The van der Waals surface area contributed by atoms with E-state index < -0.39 is 24.2 Å². The number of hydrogen-bond donors (Lipinski definition) is 0. The molecule has 6 nitrogen and oxygen atoms in total. The van der Waals surface area contributed by atoms with Crippen LogP contribution in [0, 0.1) is 12.7 Å². The van der Waals surface area contributed by atoms with Crippen LogP contribution in [0.15, 0.2) is 53.6 Å². The molecule has 3 aromatic rings. The highest BCUT2D eigenvalue weighted by molar-refractivity contribution is 5.97. The molecule has 0 saturated carbocycles. The molecule has 0 amide bonds. The first kappa shape index (κ1) is 17.5. The van der Waals surface area contributed by atoms with Gasteiger partial charge in [-0.05, 0) is 42.8 Å². The van der Waals surface area contributed by atoms with Gasteiger partial charge in [-0.3, -0.25) is 19.0 Å². The molecule has 0 saturated heterocycles. The van der Waals surface area contributed by atoms with Crippen LogP contribution in [0.5, 0.6) is 0 Å². The van der Waals surface area contributed by atoms with Gasteiger partial charge in [0.05, 0.1) is 17.2 Å². The molecule has 0 spiro atoms. The first-order valence-electron chi connectivity index (χ1n) is 7.85. The number of aryl methyl sites for hydroxylation is 1. The number of hydrogen-bond acceptors (Lipinski definition) is 5. The van der Waals surface area contributed by atoms with Crippen molar-refractivity contribution in [3.05, 3.63) is 76.1 Å². The highest BCUT2D eigenvalue weighted by Crippen LogP contribution is 2.11. The number of fused-ring (bicyclic) bond motifs is 1. The molecule has 0 N–H and O–H groups in total. The Morgan fingerprint density at radius 2 is 1.88 bits per heavy atom. The fourth-order valence-electron chi connectivity index (χ4n) is 2.50. The number of ether oxygens (including phenoxy) is 1. The number of carbonyl (C=O) groups excluding carboxylic acids is 2. The number of carbonyl (C=O) groups is 2. The van der Waals surface area contributed by atoms with E-state index in [0.717, 1.165) is 22.3 Å². The lowest BCUT2D eigenvalue weighted by Crippen LogP contribution is -2.27. The van der Waals surface area contributed by atoms with Crippen LogP contribution in [-0.4, -0.2) is 27.9 Å². The maximum atomic E-state index is 12.8. The standard InChI is InChI=1S/C19H15FN2O4/c1-12-3-2-4-15-18(12)21-11-22(19(15)25)9-17(24)26-10-16(23)13-5-7-14(20)8-6-13/h2-8,11H,9-10H2,1H3. The summed E-state index contributed by atoms with van der Waals surface area (Å²) in [4.78, 5) is 40.5. The summed E-state index contributed by atoms with van der Waals surface area (Å²) < 4.78 is 18.9. The Labute approximate surface area is 147 Å². The van der Waals surface area contributed by atoms with Gasteiger partial charge in [0.15, 0.2) is 12.4 Å². The summed E-state index contributed by atoms with van der Waals surface area (Å²) in [7, 11) is 0. The molecule has 132 valence electrons. The lowest BCUT2D eigenvalue weighted by atomic mass is 10.1. The maximum absolute atomic E-state index is 12.8. The van der Waals surface area contributed by atoms with Crippen molar-refractivity contribution in [2.24, 2.45) is 0 Å². The molecule has 3 rings (SSSR count). The zero-order chi connectivity index (χ0) is 18.7. The van der Waals surface area contributed by atoms with Crippen LogP contribution in [0.4, 0.5) is 4.39 Å². The van der Waals surface area contributed by atoms with Crippen LogP contribution >= 0.6 is 0 Å². The molecule has 0 aliphatic rings. The van der Waals surface area contributed by atoms with Crippen LogP contribution in [0.25, 0.3) is 10.9 Å². The van der Waals surface area contributed by atoms with Crippen molar-refractivity contribution in [3.8, 4) is 0 Å². The molecule has 2 aromatic carbocycles. The Bertz CT molecular complexity index is 1040. The fraction of sp³-hybridized carbons (Fsp3) is 0.158. The summed E-state index contributed by atoms with van der Waals surface area (Å²) in [5, 5.41) is 0.405. The maximum Gasteiger partial charge on any atom is 0.326 e. The Kier molecular flexibility index (Phi) is 4.88. The number of aromatic nitrogens is 2. The van der Waals surface area contributed by atoms with E-state index in [9.17, 15) is 18.8 Å². The van der Waals surface area contributed by atoms with E-state index in [-0.39, 0.29) is 17.7 Å². The van der Waals surface area contributed by atoms with E-state index in [1.165, 1.54) is 18.5 Å². The summed E-state index contributed by atoms with van der Waals surface area (Å²) in [5.74, 6) is -1.66. The SMILES string of the molecule is Cc1cccc2c(=O)n(CC(=O)OCC(=O)c3ccc(F)cc3)cnc12. The van der Waals surface area contributed by atoms with E-state index in [4.69, 9.17) is 4.74 Å². The summed E-state index contributed by atoms with van der Waals surface area (Å²) in [6.45, 7) is 1.00. The minimum atomic E-state index is -0.739. The first-order valence-corrected chi connectivity index (χ1v) is 7.85. The average molecular weight is 354 g/mol. The smallest absolute Gasteiger partial charge is 0.326 e. The Hall–Kier alpha value is -3.35. The van der Waals surface area contributed by atoms with Crippen LogP contribution in [0.2, 0.25) is 0 Å². The van der Waals surface area contributed by atoms with Gasteiger partial charge in [-0.1, -0.05) is 12.1 Å². The fourth-order valence-corrected chi connectivity index (χ4v) is 2.50. The molecule has 26 heavy (non-hydrogen) atoms. The largest absolute Gasteiger partial charge is 0.456 e. The number of halogens is 1. The van der Waals surface area contributed by atoms with Gasteiger partial charge in [-0.2, -0.15) is 0 Å². The second-order valence-electron chi connectivity index (χ2n) is 5.74. The van der Waals surface area contributed by atoms with Crippen molar-refractivity contribution in [1.82, 2.24) is 9.55 Å². The van der Waals surface area contributed by atoms with E-state index in [2.05, 4.69) is 4.98 Å². The Balaban J connectivity index is 1.68. The third kappa shape index (κ3) is 3.66. The minimum absolute atomic E-state index is 0.235. The van der Waals surface area contributed by atoms with Gasteiger partial charge < -0.3 is 4.74 Å². The Morgan fingerprint density at radius 3 is 2.62 bits per heavy atom. The van der Waals surface area contributed by atoms with Gasteiger partial charge in [-0.25, -0.2) is 9.37 Å². The molecule has 0 atom stereocenters. The number of rotatable bonds is 5. The zero-order valence-electron chi connectivity index (χ0n) is 13.9. The predicted octanol–water partition coefficient (Wildman–Crippen LogP) is 2.27. The van der Waals surface area contributed by atoms with Gasteiger partial charge in [0, 0.05) is 5.56 Å². The number of benzene rings is 2. The monoisotopic (exact) mass is 354 g/mol. The molecule has 1 heterocycles. The van der Waals surface area contributed by atoms with Crippen LogP contribution in [0.3, 0.4) is 0 Å². The number of Topliss-reactive ketones (excluding diaryl/α,β-unsaturated/α-hetero) is 1. The number of esters is 1. The second-order valence-corrected chi connectivity index (χ2v) is 5.74. The normalized spacial score (nSPS) is 10.7. The molecule has 0 unspecified atom stereocenters. The molecule has 0 bridgehead atoms. The second kappa shape index (κ2) is 7.26. The summed E-state index contributed by atoms with van der Waals surface area (Å²) in [6, 6.07) is 10.1. The molecule has 0 fully saturated rings. The van der Waals surface area contributed by atoms with Crippen LogP contribution in [-0.2, 0) is 16.1 Å². The topological polar surface area (TPSA) is 78.3 Å². The highest BCUT2D eigenvalue weighted by Gasteiger charge is 2.13. The number of nitrogens with zero attached hydrogens (tertiary/aromatic N) is 2. The van der Waals surface area contributed by atoms with Crippen molar-refractivity contribution in [3.63, 3.8) is 0 Å². The quantitative estimate of drug-likeness (QED) is 0.519.